The monoisotopic (exact) mass is 648 g/mol. The summed E-state index contributed by atoms with van der Waals surface area (Å²) in [5, 5.41) is 0. The molecule has 0 bridgehead atoms. The molecule has 0 saturated carbocycles. The van der Waals surface area contributed by atoms with Crippen molar-refractivity contribution in [2.45, 2.75) is 144 Å². The third-order valence-electron chi connectivity index (χ3n) is 8.21. The number of hydrogen-bond acceptors (Lipinski definition) is 3. The van der Waals surface area contributed by atoms with E-state index in [9.17, 15) is 8.42 Å². The first-order valence-corrected chi connectivity index (χ1v) is 18.7. The smallest absolute Gasteiger partial charge is 0.262 e. The Morgan fingerprint density at radius 2 is 0.804 bits per heavy atom. The number of hydrogen-bond donors (Lipinski definition) is 0. The molecular formula is C42H64O3S. The third-order valence-corrected chi connectivity index (χ3v) is 9.51. The lowest BCUT2D eigenvalue weighted by molar-refractivity contribution is 0.356. The van der Waals surface area contributed by atoms with E-state index in [1.165, 1.54) is 39.9 Å². The van der Waals surface area contributed by atoms with Gasteiger partial charge in [0.15, 0.2) is 0 Å². The standard InChI is InChI=1S/C42H64O3S/c1-34(2)16-10-17-35(3)18-11-19-36(4)20-12-21-37(5)22-13-23-38(6)24-14-25-39(7)26-15-27-40(8)32-33-45-46(43,44)42-30-28-41(9)29-31-42/h16,18,20,22,24,26,28-32H,10-15,17,19,21,23,25,27,33H2,1-9H3/b35-18?,36-20?,37-22+,38-24+,39-26+,40-32+. The van der Waals surface area contributed by atoms with Crippen molar-refractivity contribution < 1.29 is 12.6 Å². The maximum atomic E-state index is 12.3. The van der Waals surface area contributed by atoms with Gasteiger partial charge in [-0.2, -0.15) is 8.42 Å². The maximum absolute atomic E-state index is 12.3. The van der Waals surface area contributed by atoms with Crippen LogP contribution in [0.25, 0.3) is 0 Å². The van der Waals surface area contributed by atoms with E-state index in [-0.39, 0.29) is 11.5 Å². The highest BCUT2D eigenvalue weighted by atomic mass is 32.2. The molecule has 256 valence electrons. The summed E-state index contributed by atoms with van der Waals surface area (Å²) in [5.41, 5.74) is 10.9. The van der Waals surface area contributed by atoms with E-state index < -0.39 is 10.1 Å². The number of allylic oxidation sites excluding steroid dienone is 13. The molecule has 3 nitrogen and oxygen atoms in total. The highest BCUT2D eigenvalue weighted by Gasteiger charge is 2.13. The molecule has 0 aliphatic carbocycles. The van der Waals surface area contributed by atoms with Crippen molar-refractivity contribution in [3.63, 3.8) is 0 Å². The second-order valence-corrected chi connectivity index (χ2v) is 15.0. The Morgan fingerprint density at radius 1 is 0.500 bits per heavy atom. The largest absolute Gasteiger partial charge is 0.297 e. The summed E-state index contributed by atoms with van der Waals surface area (Å²) >= 11 is 0. The molecule has 0 aliphatic heterocycles. The van der Waals surface area contributed by atoms with E-state index in [2.05, 4.69) is 84.9 Å². The Bertz CT molecular complexity index is 1360. The van der Waals surface area contributed by atoms with Crippen molar-refractivity contribution in [1.29, 1.82) is 0 Å². The molecule has 1 aromatic carbocycles. The topological polar surface area (TPSA) is 43.4 Å². The van der Waals surface area contributed by atoms with Crippen LogP contribution in [0.4, 0.5) is 0 Å². The molecule has 0 atom stereocenters. The minimum absolute atomic E-state index is 0.0652. The average Bonchev–Trinajstić information content (AvgIpc) is 2.97. The Kier molecular flexibility index (Phi) is 21.2. The number of aryl methyl sites for hydroxylation is 1. The fourth-order valence-electron chi connectivity index (χ4n) is 4.97. The van der Waals surface area contributed by atoms with E-state index >= 15 is 0 Å². The van der Waals surface area contributed by atoms with Crippen molar-refractivity contribution >= 4 is 10.1 Å². The van der Waals surface area contributed by atoms with Gasteiger partial charge in [-0.1, -0.05) is 99.2 Å². The predicted octanol–water partition coefficient (Wildman–Crippen LogP) is 13.0. The van der Waals surface area contributed by atoms with Crippen LogP contribution >= 0.6 is 0 Å². The number of rotatable bonds is 22. The van der Waals surface area contributed by atoms with Crippen molar-refractivity contribution in [1.82, 2.24) is 0 Å². The minimum Gasteiger partial charge on any atom is -0.262 e. The van der Waals surface area contributed by atoms with Gasteiger partial charge in [-0.3, -0.25) is 4.18 Å². The second kappa shape index (κ2) is 23.6. The van der Waals surface area contributed by atoms with Crippen molar-refractivity contribution in [2.24, 2.45) is 0 Å². The molecule has 0 radical (unpaired) electrons. The SMILES string of the molecule is CC(C)=CCCC(C)=CCCC(C)=CCC/C(C)=C/CC/C(C)=C/CC/C(C)=C/CC/C(C)=C/COS(=O)(=O)c1ccc(C)cc1. The number of benzene rings is 1. The van der Waals surface area contributed by atoms with Crippen molar-refractivity contribution in [3.05, 3.63) is 111 Å². The zero-order valence-corrected chi connectivity index (χ0v) is 31.5. The van der Waals surface area contributed by atoms with Crippen LogP contribution in [-0.4, -0.2) is 15.0 Å². The van der Waals surface area contributed by atoms with Crippen LogP contribution in [0.3, 0.4) is 0 Å². The molecule has 0 saturated heterocycles. The molecule has 0 aliphatic rings. The van der Waals surface area contributed by atoms with Gasteiger partial charge in [0, 0.05) is 0 Å². The summed E-state index contributed by atoms with van der Waals surface area (Å²) in [4.78, 5) is 0.197. The first-order valence-electron chi connectivity index (χ1n) is 17.3. The fourth-order valence-corrected chi connectivity index (χ4v) is 5.82. The minimum atomic E-state index is -3.72. The zero-order valence-electron chi connectivity index (χ0n) is 30.7. The summed E-state index contributed by atoms with van der Waals surface area (Å²) in [6.45, 7) is 19.6. The summed E-state index contributed by atoms with van der Waals surface area (Å²) in [6.07, 6.45) is 29.3. The molecule has 0 spiro atoms. The maximum Gasteiger partial charge on any atom is 0.297 e. The third kappa shape index (κ3) is 21.2. The van der Waals surface area contributed by atoms with Crippen LogP contribution in [0.5, 0.6) is 0 Å². The van der Waals surface area contributed by atoms with Crippen LogP contribution in [0, 0.1) is 6.92 Å². The second-order valence-electron chi connectivity index (χ2n) is 13.4. The molecule has 4 heteroatoms. The molecule has 1 aromatic rings. The fraction of sp³-hybridized carbons (Fsp3) is 0.524. The Labute approximate surface area is 284 Å². The van der Waals surface area contributed by atoms with Gasteiger partial charge in [0.25, 0.3) is 10.1 Å². The molecular weight excluding hydrogens is 585 g/mol. The van der Waals surface area contributed by atoms with Gasteiger partial charge in [-0.05, 0) is 151 Å². The molecule has 0 aromatic heterocycles. The molecule has 0 N–H and O–H groups in total. The quantitative estimate of drug-likeness (QED) is 0.0928. The molecule has 0 unspecified atom stereocenters. The predicted molar refractivity (Wildman–Crippen MR) is 202 cm³/mol. The van der Waals surface area contributed by atoms with Gasteiger partial charge < -0.3 is 0 Å². The van der Waals surface area contributed by atoms with Gasteiger partial charge in [-0.15, -0.1) is 0 Å². The van der Waals surface area contributed by atoms with Crippen LogP contribution in [-0.2, 0) is 14.3 Å². The van der Waals surface area contributed by atoms with Crippen LogP contribution in [0.2, 0.25) is 0 Å². The molecule has 0 heterocycles. The lowest BCUT2D eigenvalue weighted by Crippen LogP contribution is -2.06. The highest BCUT2D eigenvalue weighted by Crippen LogP contribution is 2.17. The van der Waals surface area contributed by atoms with Crippen LogP contribution < -0.4 is 0 Å². The van der Waals surface area contributed by atoms with E-state index in [0.29, 0.717) is 0 Å². The van der Waals surface area contributed by atoms with Gasteiger partial charge in [0.1, 0.15) is 0 Å². The Balaban J connectivity index is 2.27. The van der Waals surface area contributed by atoms with E-state index in [4.69, 9.17) is 4.18 Å². The highest BCUT2D eigenvalue weighted by molar-refractivity contribution is 7.86. The summed E-state index contributed by atoms with van der Waals surface area (Å²) in [7, 11) is -3.72. The van der Waals surface area contributed by atoms with E-state index in [1.54, 1.807) is 24.3 Å². The first kappa shape index (κ1) is 41.3. The summed E-state index contributed by atoms with van der Waals surface area (Å²) in [5.74, 6) is 0. The van der Waals surface area contributed by atoms with E-state index in [1.807, 2.05) is 19.9 Å². The average molecular weight is 649 g/mol. The van der Waals surface area contributed by atoms with Gasteiger partial charge in [-0.25, -0.2) is 0 Å². The van der Waals surface area contributed by atoms with Crippen molar-refractivity contribution in [2.75, 3.05) is 6.61 Å². The first-order chi connectivity index (χ1) is 21.8. The Hall–Kier alpha value is -2.69. The zero-order chi connectivity index (χ0) is 34.4. The van der Waals surface area contributed by atoms with Crippen molar-refractivity contribution in [3.8, 4) is 0 Å². The summed E-state index contributed by atoms with van der Waals surface area (Å²) < 4.78 is 29.8. The molecule has 1 rings (SSSR count). The van der Waals surface area contributed by atoms with E-state index in [0.717, 1.165) is 81.8 Å². The molecule has 0 amide bonds. The molecule has 46 heavy (non-hydrogen) atoms. The normalized spacial score (nSPS) is 14.2. The van der Waals surface area contributed by atoms with Crippen LogP contribution in [0.1, 0.15) is 138 Å². The van der Waals surface area contributed by atoms with Gasteiger partial charge in [0.2, 0.25) is 0 Å². The van der Waals surface area contributed by atoms with Crippen LogP contribution in [0.15, 0.2) is 111 Å². The Morgan fingerprint density at radius 3 is 1.13 bits per heavy atom. The molecule has 0 fully saturated rings. The summed E-state index contributed by atoms with van der Waals surface area (Å²) in [6, 6.07) is 6.73. The van der Waals surface area contributed by atoms with Gasteiger partial charge in [0.05, 0.1) is 11.5 Å². The lowest BCUT2D eigenvalue weighted by atomic mass is 10.0. The van der Waals surface area contributed by atoms with Gasteiger partial charge >= 0.3 is 0 Å². The lowest BCUT2D eigenvalue weighted by Gasteiger charge is -2.05.